The normalized spacial score (nSPS) is 39.2. The Labute approximate surface area is 114 Å². The minimum absolute atomic E-state index is 0.0939. The fourth-order valence-corrected chi connectivity index (χ4v) is 3.96. The minimum atomic E-state index is -0.635. The second kappa shape index (κ2) is 4.89. The van der Waals surface area contributed by atoms with Crippen molar-refractivity contribution in [1.29, 1.82) is 0 Å². The summed E-state index contributed by atoms with van der Waals surface area (Å²) in [6, 6.07) is 0.142. The zero-order valence-electron chi connectivity index (χ0n) is 11.7. The highest BCUT2D eigenvalue weighted by molar-refractivity contribution is 5.88. The first-order chi connectivity index (χ1) is 9.12. The van der Waals surface area contributed by atoms with E-state index in [0.29, 0.717) is 18.8 Å². The molecule has 1 amide bonds. The summed E-state index contributed by atoms with van der Waals surface area (Å²) < 4.78 is 5.68. The van der Waals surface area contributed by atoms with Crippen molar-refractivity contribution in [3.05, 3.63) is 0 Å². The maximum Gasteiger partial charge on any atom is 0.254 e. The summed E-state index contributed by atoms with van der Waals surface area (Å²) in [6.45, 7) is 3.39. The molecule has 4 nitrogen and oxygen atoms in total. The van der Waals surface area contributed by atoms with E-state index in [1.54, 1.807) is 0 Å². The van der Waals surface area contributed by atoms with Gasteiger partial charge in [-0.1, -0.05) is 0 Å². The molecule has 0 radical (unpaired) electrons. The lowest BCUT2D eigenvalue weighted by Gasteiger charge is -2.34. The van der Waals surface area contributed by atoms with Gasteiger partial charge in [0, 0.05) is 31.5 Å². The van der Waals surface area contributed by atoms with Crippen LogP contribution in [0.5, 0.6) is 0 Å². The van der Waals surface area contributed by atoms with Crippen molar-refractivity contribution in [2.45, 2.75) is 63.5 Å². The lowest BCUT2D eigenvalue weighted by Crippen LogP contribution is -2.51. The maximum atomic E-state index is 12.7. The van der Waals surface area contributed by atoms with Gasteiger partial charge in [-0.25, -0.2) is 0 Å². The molecule has 106 valence electrons. The van der Waals surface area contributed by atoms with Crippen molar-refractivity contribution in [1.82, 2.24) is 4.90 Å². The second-order valence-electron chi connectivity index (χ2n) is 6.36. The van der Waals surface area contributed by atoms with Crippen LogP contribution in [-0.4, -0.2) is 41.4 Å². The van der Waals surface area contributed by atoms with E-state index in [1.807, 2.05) is 11.8 Å². The fraction of sp³-hybridized carbons (Fsp3) is 0.867. The molecule has 3 atom stereocenters. The number of Topliss-reactive ketones (excluding diaryl/α,β-unsaturated/α-hetero) is 1. The van der Waals surface area contributed by atoms with E-state index in [0.717, 1.165) is 45.1 Å². The average Bonchev–Trinajstić information content (AvgIpc) is 3.08. The molecule has 0 spiro atoms. The van der Waals surface area contributed by atoms with E-state index >= 15 is 0 Å². The lowest BCUT2D eigenvalue weighted by molar-refractivity contribution is -0.153. The van der Waals surface area contributed by atoms with E-state index in [-0.39, 0.29) is 17.9 Å². The largest absolute Gasteiger partial charge is 0.365 e. The standard InChI is InChI=1S/C15H23NO3/c1-15(8-4-10-19-15)14(18)16-9-3-6-12(16)11-5-2-7-13(11)17/h11-12H,2-10H2,1H3. The molecule has 0 N–H and O–H groups in total. The maximum absolute atomic E-state index is 12.7. The van der Waals surface area contributed by atoms with Crippen LogP contribution in [0.2, 0.25) is 0 Å². The number of hydrogen-bond acceptors (Lipinski definition) is 3. The Kier molecular flexibility index (Phi) is 3.37. The van der Waals surface area contributed by atoms with Gasteiger partial charge in [-0.15, -0.1) is 0 Å². The van der Waals surface area contributed by atoms with Gasteiger partial charge in [0.1, 0.15) is 11.4 Å². The Morgan fingerprint density at radius 1 is 1.32 bits per heavy atom. The number of carbonyl (C=O) groups excluding carboxylic acids is 2. The quantitative estimate of drug-likeness (QED) is 0.766. The molecular weight excluding hydrogens is 242 g/mol. The Morgan fingerprint density at radius 2 is 2.16 bits per heavy atom. The molecule has 0 aromatic carbocycles. The molecule has 1 saturated carbocycles. The molecule has 3 unspecified atom stereocenters. The van der Waals surface area contributed by atoms with Gasteiger partial charge in [-0.05, 0) is 45.4 Å². The average molecular weight is 265 g/mol. The summed E-state index contributed by atoms with van der Waals surface area (Å²) in [7, 11) is 0. The van der Waals surface area contributed by atoms with Gasteiger partial charge < -0.3 is 9.64 Å². The lowest BCUT2D eigenvalue weighted by atomic mass is 9.93. The molecule has 19 heavy (non-hydrogen) atoms. The van der Waals surface area contributed by atoms with Crippen molar-refractivity contribution in [2.24, 2.45) is 5.92 Å². The van der Waals surface area contributed by atoms with Gasteiger partial charge in [0.05, 0.1) is 0 Å². The predicted octanol–water partition coefficient (Wildman–Crippen LogP) is 1.92. The summed E-state index contributed by atoms with van der Waals surface area (Å²) in [5, 5.41) is 0. The zero-order chi connectivity index (χ0) is 13.5. The molecule has 2 aliphatic heterocycles. The highest BCUT2D eigenvalue weighted by Crippen LogP contribution is 2.36. The number of nitrogens with zero attached hydrogens (tertiary/aromatic N) is 1. The molecule has 1 aliphatic carbocycles. The molecule has 0 aromatic heterocycles. The first kappa shape index (κ1) is 13.1. The van der Waals surface area contributed by atoms with E-state index in [9.17, 15) is 9.59 Å². The summed E-state index contributed by atoms with van der Waals surface area (Å²) in [4.78, 5) is 26.7. The first-order valence-electron chi connectivity index (χ1n) is 7.59. The van der Waals surface area contributed by atoms with Crippen LogP contribution in [0, 0.1) is 5.92 Å². The molecule has 0 bridgehead atoms. The number of hydrogen-bond donors (Lipinski definition) is 0. The van der Waals surface area contributed by atoms with Gasteiger partial charge >= 0.3 is 0 Å². The summed E-state index contributed by atoms with van der Waals surface area (Å²) >= 11 is 0. The highest BCUT2D eigenvalue weighted by Gasteiger charge is 2.47. The SMILES string of the molecule is CC1(C(=O)N2CCCC2C2CCCC2=O)CCCO1. The molecule has 3 aliphatic rings. The van der Waals surface area contributed by atoms with Gasteiger partial charge in [0.25, 0.3) is 5.91 Å². The van der Waals surface area contributed by atoms with Crippen molar-refractivity contribution in [2.75, 3.05) is 13.2 Å². The van der Waals surface area contributed by atoms with Crippen LogP contribution in [0.1, 0.15) is 51.9 Å². The smallest absolute Gasteiger partial charge is 0.254 e. The monoisotopic (exact) mass is 265 g/mol. The predicted molar refractivity (Wildman–Crippen MR) is 70.7 cm³/mol. The highest BCUT2D eigenvalue weighted by atomic mass is 16.5. The molecule has 3 rings (SSSR count). The van der Waals surface area contributed by atoms with Crippen molar-refractivity contribution in [3.63, 3.8) is 0 Å². The van der Waals surface area contributed by atoms with Crippen LogP contribution < -0.4 is 0 Å². The Hall–Kier alpha value is -0.900. The van der Waals surface area contributed by atoms with Crippen molar-refractivity contribution in [3.8, 4) is 0 Å². The topological polar surface area (TPSA) is 46.6 Å². The van der Waals surface area contributed by atoms with Crippen LogP contribution in [0.25, 0.3) is 0 Å². The molecule has 2 saturated heterocycles. The zero-order valence-corrected chi connectivity index (χ0v) is 11.7. The second-order valence-corrected chi connectivity index (χ2v) is 6.36. The molecule has 2 heterocycles. The summed E-state index contributed by atoms with van der Waals surface area (Å²) in [5.74, 6) is 0.575. The van der Waals surface area contributed by atoms with Crippen LogP contribution >= 0.6 is 0 Å². The van der Waals surface area contributed by atoms with Crippen molar-refractivity contribution < 1.29 is 14.3 Å². The third kappa shape index (κ3) is 2.20. The van der Waals surface area contributed by atoms with Crippen LogP contribution in [0.3, 0.4) is 0 Å². The molecule has 0 aromatic rings. The number of ketones is 1. The Bertz CT molecular complexity index is 387. The molecule has 4 heteroatoms. The van der Waals surface area contributed by atoms with Gasteiger partial charge in [0.2, 0.25) is 0 Å². The number of amides is 1. The summed E-state index contributed by atoms with van der Waals surface area (Å²) in [5.41, 5.74) is -0.635. The fourth-order valence-electron chi connectivity index (χ4n) is 3.96. The van der Waals surface area contributed by atoms with E-state index in [4.69, 9.17) is 4.74 Å². The molecule has 3 fully saturated rings. The van der Waals surface area contributed by atoms with E-state index < -0.39 is 5.60 Å². The number of carbonyl (C=O) groups is 2. The van der Waals surface area contributed by atoms with Gasteiger partial charge in [0.15, 0.2) is 0 Å². The summed E-state index contributed by atoms with van der Waals surface area (Å²) in [6.07, 6.45) is 6.45. The third-order valence-electron chi connectivity index (χ3n) is 5.05. The molecular formula is C15H23NO3. The van der Waals surface area contributed by atoms with Crippen LogP contribution in [0.4, 0.5) is 0 Å². The van der Waals surface area contributed by atoms with Crippen molar-refractivity contribution >= 4 is 11.7 Å². The van der Waals surface area contributed by atoms with Crippen LogP contribution in [0.15, 0.2) is 0 Å². The first-order valence-corrected chi connectivity index (χ1v) is 7.59. The number of likely N-dealkylation sites (tertiary alicyclic amines) is 1. The third-order valence-corrected chi connectivity index (χ3v) is 5.05. The Morgan fingerprint density at radius 3 is 2.79 bits per heavy atom. The van der Waals surface area contributed by atoms with Gasteiger partial charge in [-0.2, -0.15) is 0 Å². The Balaban J connectivity index is 1.75. The van der Waals surface area contributed by atoms with E-state index in [2.05, 4.69) is 0 Å². The van der Waals surface area contributed by atoms with Gasteiger partial charge in [-0.3, -0.25) is 9.59 Å². The minimum Gasteiger partial charge on any atom is -0.365 e. The van der Waals surface area contributed by atoms with E-state index in [1.165, 1.54) is 0 Å². The number of ether oxygens (including phenoxy) is 1. The number of rotatable bonds is 2. The van der Waals surface area contributed by atoms with Crippen LogP contribution in [-0.2, 0) is 14.3 Å².